The number of ether oxygens (including phenoxy) is 1. The highest BCUT2D eigenvalue weighted by molar-refractivity contribution is 5.75. The van der Waals surface area contributed by atoms with E-state index in [1.165, 1.54) is 12.8 Å². The molecule has 0 bridgehead atoms. The first-order valence-electron chi connectivity index (χ1n) is 8.12. The summed E-state index contributed by atoms with van der Waals surface area (Å²) in [6, 6.07) is 6.92. The van der Waals surface area contributed by atoms with Gasteiger partial charge in [0, 0.05) is 26.2 Å². The smallest absolute Gasteiger partial charge is 0.325 e. The molecule has 1 aromatic carbocycles. The van der Waals surface area contributed by atoms with Gasteiger partial charge in [-0.15, -0.1) is 0 Å². The first-order chi connectivity index (χ1) is 10.7. The van der Waals surface area contributed by atoms with E-state index in [4.69, 9.17) is 4.74 Å². The monoisotopic (exact) mass is 306 g/mol. The van der Waals surface area contributed by atoms with E-state index in [-0.39, 0.29) is 0 Å². The van der Waals surface area contributed by atoms with Crippen molar-refractivity contribution in [1.82, 2.24) is 10.2 Å². The molecule has 1 saturated heterocycles. The molecule has 0 radical (unpaired) electrons. The van der Waals surface area contributed by atoms with E-state index < -0.39 is 12.0 Å². The normalized spacial score (nSPS) is 17.1. The average molecular weight is 306 g/mol. The zero-order chi connectivity index (χ0) is 15.8. The maximum atomic E-state index is 11.6. The molecular formula is C17H26N2O3. The lowest BCUT2D eigenvalue weighted by Gasteiger charge is -2.32. The van der Waals surface area contributed by atoms with Crippen molar-refractivity contribution in [2.75, 3.05) is 32.8 Å². The van der Waals surface area contributed by atoms with Gasteiger partial charge in [0.2, 0.25) is 0 Å². The third-order valence-electron chi connectivity index (χ3n) is 3.96. The molecule has 0 amide bonds. The van der Waals surface area contributed by atoms with Gasteiger partial charge in [0.25, 0.3) is 0 Å². The zero-order valence-corrected chi connectivity index (χ0v) is 13.3. The minimum Gasteiger partial charge on any atom is -0.494 e. The third-order valence-corrected chi connectivity index (χ3v) is 3.96. The second-order valence-electron chi connectivity index (χ2n) is 5.65. The van der Waals surface area contributed by atoms with E-state index in [0.717, 1.165) is 43.9 Å². The highest BCUT2D eigenvalue weighted by Crippen LogP contribution is 2.24. The van der Waals surface area contributed by atoms with Crippen LogP contribution in [0.25, 0.3) is 0 Å². The standard InChI is InChI=1S/C17H26N2O3/c1-2-3-4-13-22-15-7-5-14(6-8-15)16(17(20)21)19-11-9-18-10-12-19/h5-8,16,18H,2-4,9-13H2,1H3,(H,20,21). The topological polar surface area (TPSA) is 61.8 Å². The van der Waals surface area contributed by atoms with Crippen molar-refractivity contribution in [3.8, 4) is 5.75 Å². The molecule has 0 aliphatic carbocycles. The largest absolute Gasteiger partial charge is 0.494 e. The number of hydrogen-bond acceptors (Lipinski definition) is 4. The molecule has 1 aliphatic heterocycles. The van der Waals surface area contributed by atoms with Crippen LogP contribution >= 0.6 is 0 Å². The summed E-state index contributed by atoms with van der Waals surface area (Å²) in [6.07, 6.45) is 3.40. The lowest BCUT2D eigenvalue weighted by Crippen LogP contribution is -2.47. The molecule has 5 nitrogen and oxygen atoms in total. The average Bonchev–Trinajstić information content (AvgIpc) is 2.54. The van der Waals surface area contributed by atoms with E-state index in [1.54, 1.807) is 0 Å². The summed E-state index contributed by atoms with van der Waals surface area (Å²) in [7, 11) is 0. The van der Waals surface area contributed by atoms with Crippen molar-refractivity contribution >= 4 is 5.97 Å². The minimum absolute atomic E-state index is 0.573. The summed E-state index contributed by atoms with van der Waals surface area (Å²) in [5.41, 5.74) is 0.815. The zero-order valence-electron chi connectivity index (χ0n) is 13.3. The first-order valence-corrected chi connectivity index (χ1v) is 8.12. The minimum atomic E-state index is -0.793. The number of benzene rings is 1. The van der Waals surface area contributed by atoms with Crippen molar-refractivity contribution in [3.63, 3.8) is 0 Å². The summed E-state index contributed by atoms with van der Waals surface area (Å²) < 4.78 is 5.68. The van der Waals surface area contributed by atoms with Gasteiger partial charge in [0.1, 0.15) is 11.8 Å². The lowest BCUT2D eigenvalue weighted by molar-refractivity contribution is -0.143. The van der Waals surface area contributed by atoms with Gasteiger partial charge in [-0.3, -0.25) is 9.69 Å². The quantitative estimate of drug-likeness (QED) is 0.722. The van der Waals surface area contributed by atoms with Gasteiger partial charge in [-0.2, -0.15) is 0 Å². The SMILES string of the molecule is CCCCCOc1ccc(C(C(=O)O)N2CCNCC2)cc1. The van der Waals surface area contributed by atoms with Crippen LogP contribution in [0.15, 0.2) is 24.3 Å². The molecule has 2 rings (SSSR count). The van der Waals surface area contributed by atoms with E-state index in [9.17, 15) is 9.90 Å². The van der Waals surface area contributed by atoms with Crippen LogP contribution in [0.5, 0.6) is 5.75 Å². The highest BCUT2D eigenvalue weighted by Gasteiger charge is 2.28. The number of hydrogen-bond donors (Lipinski definition) is 2. The van der Waals surface area contributed by atoms with Crippen molar-refractivity contribution in [2.45, 2.75) is 32.2 Å². The van der Waals surface area contributed by atoms with Gasteiger partial charge in [0.15, 0.2) is 0 Å². The molecule has 1 fully saturated rings. The van der Waals surface area contributed by atoms with E-state index in [0.29, 0.717) is 6.61 Å². The third kappa shape index (κ3) is 4.71. The van der Waals surface area contributed by atoms with Gasteiger partial charge < -0.3 is 15.2 Å². The summed E-state index contributed by atoms with van der Waals surface area (Å²) >= 11 is 0. The van der Waals surface area contributed by atoms with Gasteiger partial charge >= 0.3 is 5.97 Å². The van der Waals surface area contributed by atoms with E-state index in [2.05, 4.69) is 12.2 Å². The van der Waals surface area contributed by atoms with Gasteiger partial charge in [-0.1, -0.05) is 31.9 Å². The number of aliphatic carboxylic acids is 1. The number of carbonyl (C=O) groups is 1. The molecule has 5 heteroatoms. The van der Waals surface area contributed by atoms with Crippen LogP contribution in [0.1, 0.15) is 37.8 Å². The fourth-order valence-electron chi connectivity index (χ4n) is 2.74. The van der Waals surface area contributed by atoms with Crippen LogP contribution in [0, 0.1) is 0 Å². The molecule has 1 atom stereocenters. The Hall–Kier alpha value is -1.59. The Morgan fingerprint density at radius 2 is 1.95 bits per heavy atom. The van der Waals surface area contributed by atoms with Crippen LogP contribution in [0.3, 0.4) is 0 Å². The Kier molecular flexibility index (Phi) is 6.68. The van der Waals surface area contributed by atoms with Crippen LogP contribution in [0.4, 0.5) is 0 Å². The molecule has 1 unspecified atom stereocenters. The highest BCUT2D eigenvalue weighted by atomic mass is 16.5. The molecule has 0 spiro atoms. The van der Waals surface area contributed by atoms with Crippen molar-refractivity contribution in [3.05, 3.63) is 29.8 Å². The van der Waals surface area contributed by atoms with Crippen molar-refractivity contribution < 1.29 is 14.6 Å². The summed E-state index contributed by atoms with van der Waals surface area (Å²) in [6.45, 7) is 6.06. The summed E-state index contributed by atoms with van der Waals surface area (Å²) in [5.74, 6) is 0.0165. The number of rotatable bonds is 8. The maximum absolute atomic E-state index is 11.6. The van der Waals surface area contributed by atoms with Crippen LogP contribution < -0.4 is 10.1 Å². The van der Waals surface area contributed by atoms with Crippen LogP contribution in [0.2, 0.25) is 0 Å². The Balaban J connectivity index is 1.98. The van der Waals surface area contributed by atoms with Crippen molar-refractivity contribution in [1.29, 1.82) is 0 Å². The number of carboxylic acids is 1. The second kappa shape index (κ2) is 8.76. The second-order valence-corrected chi connectivity index (χ2v) is 5.65. The van der Waals surface area contributed by atoms with Crippen molar-refractivity contribution in [2.24, 2.45) is 0 Å². The van der Waals surface area contributed by atoms with Crippen LogP contribution in [-0.4, -0.2) is 48.8 Å². The molecule has 1 heterocycles. The Labute approximate surface area is 132 Å². The predicted molar refractivity (Wildman–Crippen MR) is 86.3 cm³/mol. The number of piperazine rings is 1. The number of unbranched alkanes of at least 4 members (excludes halogenated alkanes) is 2. The first kappa shape index (κ1) is 16.8. The molecule has 22 heavy (non-hydrogen) atoms. The molecule has 0 saturated carbocycles. The molecule has 2 N–H and O–H groups in total. The summed E-state index contributed by atoms with van der Waals surface area (Å²) in [5, 5.41) is 12.8. The molecule has 0 aromatic heterocycles. The van der Waals surface area contributed by atoms with Gasteiger partial charge in [-0.25, -0.2) is 0 Å². The lowest BCUT2D eigenvalue weighted by atomic mass is 10.0. The number of carboxylic acid groups (broad SMARTS) is 1. The molecule has 1 aromatic rings. The Morgan fingerprint density at radius 3 is 2.55 bits per heavy atom. The molecular weight excluding hydrogens is 280 g/mol. The van der Waals surface area contributed by atoms with Gasteiger partial charge in [-0.05, 0) is 24.1 Å². The fourth-order valence-corrected chi connectivity index (χ4v) is 2.74. The summed E-state index contributed by atoms with van der Waals surface area (Å²) in [4.78, 5) is 13.6. The Morgan fingerprint density at radius 1 is 1.27 bits per heavy atom. The van der Waals surface area contributed by atoms with E-state index in [1.807, 2.05) is 29.2 Å². The fraction of sp³-hybridized carbons (Fsp3) is 0.588. The Bertz CT molecular complexity index is 455. The maximum Gasteiger partial charge on any atom is 0.325 e. The predicted octanol–water partition coefficient (Wildman–Crippen LogP) is 2.29. The van der Waals surface area contributed by atoms with Crippen LogP contribution in [-0.2, 0) is 4.79 Å². The van der Waals surface area contributed by atoms with E-state index >= 15 is 0 Å². The molecule has 1 aliphatic rings. The number of nitrogens with one attached hydrogen (secondary N) is 1. The molecule has 122 valence electrons. The van der Waals surface area contributed by atoms with Gasteiger partial charge in [0.05, 0.1) is 6.61 Å². The number of nitrogens with zero attached hydrogens (tertiary/aromatic N) is 1.